The highest BCUT2D eigenvalue weighted by Crippen LogP contribution is 2.12. The van der Waals surface area contributed by atoms with E-state index in [9.17, 15) is 19.2 Å². The Hall–Kier alpha value is -3.80. The average molecular weight is 378 g/mol. The molecule has 0 amide bonds. The maximum Gasteiger partial charge on any atom is 0.338 e. The summed E-state index contributed by atoms with van der Waals surface area (Å²) in [6.07, 6.45) is 3.73. The summed E-state index contributed by atoms with van der Waals surface area (Å²) in [5.74, 6) is -2.25. The van der Waals surface area contributed by atoms with Crippen molar-refractivity contribution < 1.29 is 28.7 Å². The van der Waals surface area contributed by atoms with Crippen molar-refractivity contribution >= 4 is 23.5 Å². The van der Waals surface area contributed by atoms with Crippen LogP contribution in [0.1, 0.15) is 26.3 Å². The van der Waals surface area contributed by atoms with Gasteiger partial charge in [0, 0.05) is 23.3 Å². The van der Waals surface area contributed by atoms with Gasteiger partial charge in [-0.25, -0.2) is 9.59 Å². The monoisotopic (exact) mass is 378 g/mol. The predicted octanol–water partition coefficient (Wildman–Crippen LogP) is 3.25. The number of esters is 2. The molecule has 0 heterocycles. The lowest BCUT2D eigenvalue weighted by atomic mass is 10.1. The van der Waals surface area contributed by atoms with E-state index in [0.29, 0.717) is 16.9 Å². The van der Waals surface area contributed by atoms with Crippen molar-refractivity contribution in [1.82, 2.24) is 0 Å². The number of hydrogen-bond donors (Lipinski definition) is 0. The van der Waals surface area contributed by atoms with Gasteiger partial charge in [-0.2, -0.15) is 0 Å². The smallest absolute Gasteiger partial charge is 0.338 e. The molecule has 0 atom stereocenters. The van der Waals surface area contributed by atoms with Crippen molar-refractivity contribution in [2.75, 3.05) is 7.11 Å². The largest absolute Gasteiger partial charge is 0.497 e. The zero-order valence-corrected chi connectivity index (χ0v) is 15.4. The quantitative estimate of drug-likeness (QED) is 0.318. The summed E-state index contributed by atoms with van der Waals surface area (Å²) in [5.41, 5.74) is 1.76. The first-order valence-electron chi connectivity index (χ1n) is 8.30. The van der Waals surface area contributed by atoms with Crippen LogP contribution in [0.15, 0.2) is 72.8 Å². The lowest BCUT2D eigenvalue weighted by Gasteiger charge is -2.00. The number of rotatable bonds is 7. The number of ketones is 2. The highest BCUT2D eigenvalue weighted by molar-refractivity contribution is 6.10. The zero-order chi connectivity index (χ0) is 20.5. The number of methoxy groups -OCH3 is 1. The van der Waals surface area contributed by atoms with E-state index in [2.05, 4.69) is 4.74 Å². The number of benzene rings is 2. The Balaban J connectivity index is 1.88. The van der Waals surface area contributed by atoms with Gasteiger partial charge < -0.3 is 9.47 Å². The molecular formula is C22H18O6. The molecule has 0 saturated heterocycles. The minimum Gasteiger partial charge on any atom is -0.497 e. The third kappa shape index (κ3) is 6.17. The molecule has 0 N–H and O–H groups in total. The molecular weight excluding hydrogens is 360 g/mol. The van der Waals surface area contributed by atoms with Gasteiger partial charge >= 0.3 is 11.9 Å². The molecule has 0 aromatic heterocycles. The fraction of sp³-hybridized carbons (Fsp3) is 0.0909. The first-order valence-corrected chi connectivity index (χ1v) is 8.30. The van der Waals surface area contributed by atoms with E-state index in [-0.39, 0.29) is 0 Å². The van der Waals surface area contributed by atoms with Crippen molar-refractivity contribution in [1.29, 1.82) is 0 Å². The Morgan fingerprint density at radius 1 is 0.679 bits per heavy atom. The third-order valence-electron chi connectivity index (χ3n) is 3.65. The van der Waals surface area contributed by atoms with Crippen LogP contribution in [0.3, 0.4) is 0 Å². The molecule has 6 heteroatoms. The highest BCUT2D eigenvalue weighted by Gasteiger charge is 2.08. The molecule has 0 aliphatic rings. The van der Waals surface area contributed by atoms with Crippen LogP contribution >= 0.6 is 0 Å². The van der Waals surface area contributed by atoms with Gasteiger partial charge in [0.25, 0.3) is 0 Å². The van der Waals surface area contributed by atoms with E-state index in [1.165, 1.54) is 7.11 Å². The number of aryl methyl sites for hydroxylation is 1. The second-order valence-corrected chi connectivity index (χ2v) is 5.73. The summed E-state index contributed by atoms with van der Waals surface area (Å²) in [6, 6.07) is 13.1. The van der Waals surface area contributed by atoms with Crippen LogP contribution in [0.4, 0.5) is 0 Å². The lowest BCUT2D eigenvalue weighted by molar-refractivity contribution is -0.152. The Labute approximate surface area is 162 Å². The third-order valence-corrected chi connectivity index (χ3v) is 3.65. The molecule has 2 aromatic carbocycles. The molecule has 142 valence electrons. The van der Waals surface area contributed by atoms with Crippen LogP contribution in [0.2, 0.25) is 0 Å². The minimum absolute atomic E-state index is 0.347. The average Bonchev–Trinajstić information content (AvgIpc) is 2.70. The second kappa shape index (κ2) is 9.78. The van der Waals surface area contributed by atoms with E-state index < -0.39 is 23.5 Å². The molecule has 0 unspecified atom stereocenters. The van der Waals surface area contributed by atoms with E-state index >= 15 is 0 Å². The van der Waals surface area contributed by atoms with Gasteiger partial charge in [0.05, 0.1) is 7.11 Å². The van der Waals surface area contributed by atoms with Gasteiger partial charge in [0.2, 0.25) is 0 Å². The maximum absolute atomic E-state index is 12.0. The summed E-state index contributed by atoms with van der Waals surface area (Å²) in [7, 11) is 1.51. The van der Waals surface area contributed by atoms with Crippen LogP contribution in [0.25, 0.3) is 0 Å². The summed E-state index contributed by atoms with van der Waals surface area (Å²) in [4.78, 5) is 47.1. The molecule has 2 aromatic rings. The van der Waals surface area contributed by atoms with Crippen LogP contribution in [0, 0.1) is 6.92 Å². The van der Waals surface area contributed by atoms with Gasteiger partial charge in [-0.3, -0.25) is 9.59 Å². The molecule has 28 heavy (non-hydrogen) atoms. The lowest BCUT2D eigenvalue weighted by Crippen LogP contribution is -2.08. The van der Waals surface area contributed by atoms with Gasteiger partial charge in [-0.1, -0.05) is 29.8 Å². The molecule has 0 bridgehead atoms. The Kier molecular flexibility index (Phi) is 7.16. The number of carbonyl (C=O) groups excluding carboxylic acids is 4. The molecule has 0 spiro atoms. The van der Waals surface area contributed by atoms with Crippen LogP contribution in [-0.4, -0.2) is 30.6 Å². The molecule has 0 aliphatic heterocycles. The summed E-state index contributed by atoms with van der Waals surface area (Å²) >= 11 is 0. The van der Waals surface area contributed by atoms with Gasteiger partial charge in [-0.15, -0.1) is 0 Å². The predicted molar refractivity (Wildman–Crippen MR) is 102 cm³/mol. The zero-order valence-electron chi connectivity index (χ0n) is 15.4. The van der Waals surface area contributed by atoms with Gasteiger partial charge in [0.1, 0.15) is 5.75 Å². The second-order valence-electron chi connectivity index (χ2n) is 5.73. The molecule has 6 nitrogen and oxygen atoms in total. The molecule has 0 aliphatic carbocycles. The Morgan fingerprint density at radius 2 is 1.11 bits per heavy atom. The molecule has 0 fully saturated rings. The van der Waals surface area contributed by atoms with Crippen molar-refractivity contribution in [3.8, 4) is 5.75 Å². The standard InChI is InChI=1S/C22H18O6/c1-15-3-5-16(6-4-15)19(23)11-13-21(25)28-22(26)14-12-20(24)17-7-9-18(27-2)10-8-17/h3-14H,1-2H3. The molecule has 0 radical (unpaired) electrons. The van der Waals surface area contributed by atoms with Crippen molar-refractivity contribution in [2.24, 2.45) is 0 Å². The van der Waals surface area contributed by atoms with Crippen LogP contribution in [-0.2, 0) is 14.3 Å². The fourth-order valence-electron chi connectivity index (χ4n) is 2.12. The number of allylic oxidation sites excluding steroid dienone is 2. The van der Waals surface area contributed by atoms with Crippen molar-refractivity contribution in [3.63, 3.8) is 0 Å². The van der Waals surface area contributed by atoms with Crippen molar-refractivity contribution in [2.45, 2.75) is 6.92 Å². The van der Waals surface area contributed by atoms with E-state index in [0.717, 1.165) is 29.9 Å². The molecule has 0 saturated carbocycles. The van der Waals surface area contributed by atoms with E-state index in [1.54, 1.807) is 48.5 Å². The van der Waals surface area contributed by atoms with Crippen LogP contribution < -0.4 is 4.74 Å². The number of carbonyl (C=O) groups is 4. The van der Waals surface area contributed by atoms with Crippen molar-refractivity contribution in [3.05, 3.63) is 89.5 Å². The fourth-order valence-corrected chi connectivity index (χ4v) is 2.12. The highest BCUT2D eigenvalue weighted by atomic mass is 16.6. The number of hydrogen-bond acceptors (Lipinski definition) is 6. The minimum atomic E-state index is -1.01. The van der Waals surface area contributed by atoms with E-state index in [4.69, 9.17) is 4.74 Å². The molecule has 2 rings (SSSR count). The van der Waals surface area contributed by atoms with E-state index in [1.807, 2.05) is 6.92 Å². The maximum atomic E-state index is 12.0. The SMILES string of the molecule is COc1ccc(C(=O)C=CC(=O)OC(=O)C=CC(=O)c2ccc(C)cc2)cc1. The first kappa shape index (κ1) is 20.5. The number of ether oxygens (including phenoxy) is 2. The summed E-state index contributed by atoms with van der Waals surface area (Å²) in [6.45, 7) is 1.89. The topological polar surface area (TPSA) is 86.7 Å². The summed E-state index contributed by atoms with van der Waals surface area (Å²) in [5, 5.41) is 0. The van der Waals surface area contributed by atoms with Crippen LogP contribution in [0.5, 0.6) is 5.75 Å². The Bertz CT molecular complexity index is 934. The Morgan fingerprint density at radius 3 is 1.54 bits per heavy atom. The van der Waals surface area contributed by atoms with Gasteiger partial charge in [0.15, 0.2) is 11.6 Å². The summed E-state index contributed by atoms with van der Waals surface area (Å²) < 4.78 is 9.50. The normalized spacial score (nSPS) is 10.8. The first-order chi connectivity index (χ1) is 13.4. The van der Waals surface area contributed by atoms with Gasteiger partial charge in [-0.05, 0) is 43.3 Å².